The summed E-state index contributed by atoms with van der Waals surface area (Å²) in [5, 5.41) is 3.30. The minimum Gasteiger partial charge on any atom is -0.356 e. The summed E-state index contributed by atoms with van der Waals surface area (Å²) in [5.74, 6) is 0. The highest BCUT2D eigenvalue weighted by Gasteiger charge is 2.25. The maximum Gasteiger partial charge on any atom is 0.244 e. The summed E-state index contributed by atoms with van der Waals surface area (Å²) in [4.78, 5) is 0.362. The fourth-order valence-electron chi connectivity index (χ4n) is 2.13. The van der Waals surface area contributed by atoms with Crippen LogP contribution < -0.4 is 5.32 Å². The molecule has 0 saturated carbocycles. The average molecular weight is 257 g/mol. The largest absolute Gasteiger partial charge is 0.356 e. The number of rotatable bonds is 4. The molecule has 0 bridgehead atoms. The first-order valence-corrected chi connectivity index (χ1v) is 7.26. The Kier molecular flexibility index (Phi) is 3.56. The molecular formula is C11H19N3O2S. The Morgan fingerprint density at radius 3 is 2.88 bits per heavy atom. The SMILES string of the molecule is CN(CC1CCCN1)S(=O)(=O)c1ccn(C)c1. The van der Waals surface area contributed by atoms with Crippen molar-refractivity contribution in [1.29, 1.82) is 0 Å². The molecule has 2 heterocycles. The summed E-state index contributed by atoms with van der Waals surface area (Å²) in [5.41, 5.74) is 0. The summed E-state index contributed by atoms with van der Waals surface area (Å²) >= 11 is 0. The number of aryl methyl sites for hydroxylation is 1. The number of aromatic nitrogens is 1. The Morgan fingerprint density at radius 2 is 2.35 bits per heavy atom. The molecule has 1 fully saturated rings. The van der Waals surface area contributed by atoms with Crippen LogP contribution in [0.3, 0.4) is 0 Å². The number of hydrogen-bond acceptors (Lipinski definition) is 3. The van der Waals surface area contributed by atoms with Crippen molar-refractivity contribution in [3.05, 3.63) is 18.5 Å². The van der Waals surface area contributed by atoms with Gasteiger partial charge in [-0.1, -0.05) is 0 Å². The molecule has 1 atom stereocenters. The lowest BCUT2D eigenvalue weighted by molar-refractivity contribution is 0.417. The van der Waals surface area contributed by atoms with Crippen LogP contribution in [0.25, 0.3) is 0 Å². The highest BCUT2D eigenvalue weighted by atomic mass is 32.2. The lowest BCUT2D eigenvalue weighted by Gasteiger charge is -2.20. The van der Waals surface area contributed by atoms with E-state index in [0.717, 1.165) is 19.4 Å². The predicted molar refractivity (Wildman–Crippen MR) is 66.3 cm³/mol. The van der Waals surface area contributed by atoms with E-state index in [1.807, 2.05) is 7.05 Å². The van der Waals surface area contributed by atoms with Crippen LogP contribution in [-0.2, 0) is 17.1 Å². The highest BCUT2D eigenvalue weighted by Crippen LogP contribution is 2.16. The van der Waals surface area contributed by atoms with Crippen LogP contribution in [0, 0.1) is 0 Å². The van der Waals surface area contributed by atoms with E-state index in [9.17, 15) is 8.42 Å². The quantitative estimate of drug-likeness (QED) is 0.849. The molecule has 96 valence electrons. The van der Waals surface area contributed by atoms with Gasteiger partial charge in [-0.2, -0.15) is 4.31 Å². The number of hydrogen-bond donors (Lipinski definition) is 1. The monoisotopic (exact) mass is 257 g/mol. The molecule has 0 aliphatic carbocycles. The molecule has 0 radical (unpaired) electrons. The molecule has 1 aromatic heterocycles. The number of nitrogens with zero attached hydrogens (tertiary/aromatic N) is 2. The van der Waals surface area contributed by atoms with Crippen LogP contribution in [0.5, 0.6) is 0 Å². The molecule has 0 spiro atoms. The minimum absolute atomic E-state index is 0.290. The molecule has 1 unspecified atom stereocenters. The van der Waals surface area contributed by atoms with Crippen molar-refractivity contribution >= 4 is 10.0 Å². The third kappa shape index (κ3) is 2.70. The molecule has 0 aromatic carbocycles. The summed E-state index contributed by atoms with van der Waals surface area (Å²) in [6.45, 7) is 1.53. The van der Waals surface area contributed by atoms with Crippen LogP contribution in [0.2, 0.25) is 0 Å². The summed E-state index contributed by atoms with van der Waals surface area (Å²) in [6.07, 6.45) is 5.56. The Morgan fingerprint density at radius 1 is 1.59 bits per heavy atom. The van der Waals surface area contributed by atoms with Gasteiger partial charge in [-0.25, -0.2) is 8.42 Å². The molecular weight excluding hydrogens is 238 g/mol. The molecule has 1 aromatic rings. The highest BCUT2D eigenvalue weighted by molar-refractivity contribution is 7.89. The summed E-state index contributed by atoms with van der Waals surface area (Å²) in [7, 11) is 0.125. The second kappa shape index (κ2) is 4.80. The maximum atomic E-state index is 12.2. The third-order valence-corrected chi connectivity index (χ3v) is 4.96. The molecule has 6 heteroatoms. The van der Waals surface area contributed by atoms with E-state index in [1.165, 1.54) is 4.31 Å². The average Bonchev–Trinajstić information content (AvgIpc) is 2.89. The molecule has 1 saturated heterocycles. The molecule has 1 aliphatic rings. The van der Waals surface area contributed by atoms with Gasteiger partial charge < -0.3 is 9.88 Å². The van der Waals surface area contributed by atoms with Gasteiger partial charge in [0.2, 0.25) is 10.0 Å². The van der Waals surface area contributed by atoms with Gasteiger partial charge in [-0.05, 0) is 25.5 Å². The zero-order valence-corrected chi connectivity index (χ0v) is 11.1. The van der Waals surface area contributed by atoms with Crippen molar-refractivity contribution in [3.63, 3.8) is 0 Å². The smallest absolute Gasteiger partial charge is 0.244 e. The van der Waals surface area contributed by atoms with Crippen molar-refractivity contribution < 1.29 is 8.42 Å². The fraction of sp³-hybridized carbons (Fsp3) is 0.636. The van der Waals surface area contributed by atoms with Crippen molar-refractivity contribution in [1.82, 2.24) is 14.2 Å². The van der Waals surface area contributed by atoms with Crippen molar-refractivity contribution in [2.45, 2.75) is 23.8 Å². The molecule has 0 amide bonds. The van der Waals surface area contributed by atoms with Gasteiger partial charge in [0.25, 0.3) is 0 Å². The lowest BCUT2D eigenvalue weighted by Crippen LogP contribution is -2.38. The van der Waals surface area contributed by atoms with Crippen molar-refractivity contribution in [2.24, 2.45) is 7.05 Å². The first-order valence-electron chi connectivity index (χ1n) is 5.82. The Hall–Kier alpha value is -0.850. The van der Waals surface area contributed by atoms with Gasteiger partial charge in [-0.3, -0.25) is 0 Å². The first-order chi connectivity index (χ1) is 8.00. The second-order valence-corrected chi connectivity index (χ2v) is 6.64. The predicted octanol–water partition coefficient (Wildman–Crippen LogP) is 0.398. The van der Waals surface area contributed by atoms with E-state index < -0.39 is 10.0 Å². The van der Waals surface area contributed by atoms with E-state index in [-0.39, 0.29) is 0 Å². The normalized spacial score (nSPS) is 21.2. The van der Waals surface area contributed by atoms with Gasteiger partial charge in [0.1, 0.15) is 0 Å². The second-order valence-electron chi connectivity index (χ2n) is 4.59. The molecule has 17 heavy (non-hydrogen) atoms. The number of nitrogens with one attached hydrogen (secondary N) is 1. The minimum atomic E-state index is -3.33. The summed E-state index contributed by atoms with van der Waals surface area (Å²) < 4.78 is 27.6. The number of sulfonamides is 1. The van der Waals surface area contributed by atoms with Crippen LogP contribution in [0.4, 0.5) is 0 Å². The van der Waals surface area contributed by atoms with E-state index in [2.05, 4.69) is 5.32 Å². The third-order valence-electron chi connectivity index (χ3n) is 3.15. The fourth-order valence-corrected chi connectivity index (χ4v) is 3.40. The molecule has 1 aliphatic heterocycles. The topological polar surface area (TPSA) is 54.3 Å². The summed E-state index contributed by atoms with van der Waals surface area (Å²) in [6, 6.07) is 1.92. The van der Waals surface area contributed by atoms with Gasteiger partial charge >= 0.3 is 0 Å². The maximum absolute atomic E-state index is 12.2. The van der Waals surface area contributed by atoms with Crippen molar-refractivity contribution in [2.75, 3.05) is 20.1 Å². The van der Waals surface area contributed by atoms with Crippen LogP contribution in [0.1, 0.15) is 12.8 Å². The molecule has 2 rings (SSSR count). The van der Waals surface area contributed by atoms with Crippen LogP contribution in [0.15, 0.2) is 23.4 Å². The van der Waals surface area contributed by atoms with E-state index in [0.29, 0.717) is 17.5 Å². The lowest BCUT2D eigenvalue weighted by atomic mass is 10.2. The van der Waals surface area contributed by atoms with Gasteiger partial charge in [0, 0.05) is 39.1 Å². The number of likely N-dealkylation sites (N-methyl/N-ethyl adjacent to an activating group) is 1. The Labute approximate surface area is 102 Å². The molecule has 5 nitrogen and oxygen atoms in total. The van der Waals surface area contributed by atoms with Crippen molar-refractivity contribution in [3.8, 4) is 0 Å². The van der Waals surface area contributed by atoms with E-state index in [4.69, 9.17) is 0 Å². The van der Waals surface area contributed by atoms with E-state index >= 15 is 0 Å². The van der Waals surface area contributed by atoms with Gasteiger partial charge in [0.05, 0.1) is 4.90 Å². The zero-order chi connectivity index (χ0) is 12.5. The Balaban J connectivity index is 2.09. The first kappa shape index (κ1) is 12.6. The zero-order valence-electron chi connectivity index (χ0n) is 10.3. The van der Waals surface area contributed by atoms with Gasteiger partial charge in [0.15, 0.2) is 0 Å². The van der Waals surface area contributed by atoms with Gasteiger partial charge in [-0.15, -0.1) is 0 Å². The van der Waals surface area contributed by atoms with Crippen LogP contribution >= 0.6 is 0 Å². The molecule has 1 N–H and O–H groups in total. The standard InChI is InChI=1S/C11H19N3O2S/c1-13-7-5-11(9-13)17(15,16)14(2)8-10-4-3-6-12-10/h5,7,9-10,12H,3-4,6,8H2,1-2H3. The Bertz CT molecular complexity index is 475. The van der Waals surface area contributed by atoms with Crippen LogP contribution in [-0.4, -0.2) is 43.5 Å². The van der Waals surface area contributed by atoms with E-state index in [1.54, 1.807) is 30.1 Å².